The van der Waals surface area contributed by atoms with Gasteiger partial charge in [-0.3, -0.25) is 4.31 Å². The number of sulfonamides is 1. The summed E-state index contributed by atoms with van der Waals surface area (Å²) in [6.07, 6.45) is -3.60. The molecule has 0 unspecified atom stereocenters. The SMILES string of the molecule is O=C(O)COc1c(C(=O)O)sc(-c2cccc(N(C3CCNCC3)S(=O)(=O)Cc3ccc(C(F)(F)F)cc3)c2)c1Cl. The molecular weight excluding hydrogens is 609 g/mol. The molecule has 15 heteroatoms. The van der Waals surface area contributed by atoms with Crippen LogP contribution in [0, 0.1) is 0 Å². The van der Waals surface area contributed by atoms with Gasteiger partial charge in [0.1, 0.15) is 5.02 Å². The average Bonchev–Trinajstić information content (AvgIpc) is 3.24. The second kappa shape index (κ2) is 12.3. The van der Waals surface area contributed by atoms with Gasteiger partial charge in [-0.15, -0.1) is 11.3 Å². The van der Waals surface area contributed by atoms with Gasteiger partial charge in [-0.1, -0.05) is 35.9 Å². The normalized spacial score (nSPS) is 14.5. The number of aliphatic carboxylic acids is 1. The minimum atomic E-state index is -4.55. The van der Waals surface area contributed by atoms with Crippen LogP contribution in [0.1, 0.15) is 33.6 Å². The molecule has 0 bridgehead atoms. The van der Waals surface area contributed by atoms with Crippen molar-refractivity contribution in [2.24, 2.45) is 0 Å². The molecule has 4 rings (SSSR count). The third-order valence-electron chi connectivity index (χ3n) is 6.28. The summed E-state index contributed by atoms with van der Waals surface area (Å²) in [5, 5.41) is 21.6. The second-order valence-electron chi connectivity index (χ2n) is 9.17. The molecular formula is C26H24ClF3N2O7S2. The molecule has 0 radical (unpaired) electrons. The number of thiophene rings is 1. The van der Waals surface area contributed by atoms with E-state index in [4.69, 9.17) is 21.4 Å². The van der Waals surface area contributed by atoms with E-state index in [0.29, 0.717) is 31.5 Å². The zero-order valence-electron chi connectivity index (χ0n) is 21.2. The lowest BCUT2D eigenvalue weighted by molar-refractivity contribution is -0.139. The summed E-state index contributed by atoms with van der Waals surface area (Å²) in [6.45, 7) is 0.293. The molecule has 3 aromatic rings. The van der Waals surface area contributed by atoms with Crippen molar-refractivity contribution in [1.82, 2.24) is 5.32 Å². The molecule has 3 N–H and O–H groups in total. The van der Waals surface area contributed by atoms with Crippen molar-refractivity contribution in [2.45, 2.75) is 30.8 Å². The Morgan fingerprint density at radius 1 is 1.10 bits per heavy atom. The summed E-state index contributed by atoms with van der Waals surface area (Å²) in [7, 11) is -4.11. The van der Waals surface area contributed by atoms with Gasteiger partial charge in [0.2, 0.25) is 10.0 Å². The molecule has 0 atom stereocenters. The van der Waals surface area contributed by atoms with Gasteiger partial charge >= 0.3 is 18.1 Å². The summed E-state index contributed by atoms with van der Waals surface area (Å²) in [5.74, 6) is -3.56. The van der Waals surface area contributed by atoms with Gasteiger partial charge in [-0.25, -0.2) is 18.0 Å². The number of benzene rings is 2. The van der Waals surface area contributed by atoms with Crippen LogP contribution in [0.4, 0.5) is 18.9 Å². The monoisotopic (exact) mass is 632 g/mol. The molecule has 2 aromatic carbocycles. The van der Waals surface area contributed by atoms with Crippen molar-refractivity contribution in [3.63, 3.8) is 0 Å². The van der Waals surface area contributed by atoms with Crippen LogP contribution in [0.2, 0.25) is 5.02 Å². The Morgan fingerprint density at radius 3 is 2.34 bits per heavy atom. The van der Waals surface area contributed by atoms with E-state index in [-0.39, 0.29) is 31.8 Å². The molecule has 1 aromatic heterocycles. The first kappa shape index (κ1) is 30.6. The first-order chi connectivity index (χ1) is 19.3. The standard InChI is InChI=1S/C26H24ClF3N2O7S2/c27-21-22(39-13-20(33)34)24(25(35)36)40-23(21)16-2-1-3-19(12-16)32(18-8-10-31-11-9-18)41(37,38)14-15-4-6-17(7-5-15)26(28,29)30/h1-7,12,18,31H,8-11,13-14H2,(H,33,34)(H,35,36). The molecule has 0 amide bonds. The summed E-state index contributed by atoms with van der Waals surface area (Å²) >= 11 is 7.17. The number of aromatic carboxylic acids is 1. The van der Waals surface area contributed by atoms with Gasteiger partial charge < -0.3 is 20.3 Å². The van der Waals surface area contributed by atoms with Crippen LogP contribution >= 0.6 is 22.9 Å². The quantitative estimate of drug-likeness (QED) is 0.273. The third-order valence-corrected chi connectivity index (χ3v) is 9.76. The lowest BCUT2D eigenvalue weighted by Crippen LogP contribution is -2.46. The first-order valence-electron chi connectivity index (χ1n) is 12.2. The maximum atomic E-state index is 13.8. The average molecular weight is 633 g/mol. The Hall–Kier alpha value is -3.33. The van der Waals surface area contributed by atoms with Crippen molar-refractivity contribution in [3.8, 4) is 16.2 Å². The van der Waals surface area contributed by atoms with Crippen LogP contribution in [-0.2, 0) is 26.7 Å². The molecule has 220 valence electrons. The number of carboxylic acids is 2. The molecule has 41 heavy (non-hydrogen) atoms. The van der Waals surface area contributed by atoms with E-state index in [0.717, 1.165) is 35.6 Å². The van der Waals surface area contributed by atoms with Crippen molar-refractivity contribution in [2.75, 3.05) is 24.0 Å². The Morgan fingerprint density at radius 2 is 1.76 bits per heavy atom. The largest absolute Gasteiger partial charge is 0.479 e. The molecule has 1 aliphatic heterocycles. The molecule has 0 spiro atoms. The van der Waals surface area contributed by atoms with E-state index in [2.05, 4.69) is 5.32 Å². The zero-order valence-corrected chi connectivity index (χ0v) is 23.5. The molecule has 1 aliphatic rings. The highest BCUT2D eigenvalue weighted by molar-refractivity contribution is 7.92. The predicted octanol–water partition coefficient (Wildman–Crippen LogP) is 5.34. The molecule has 9 nitrogen and oxygen atoms in total. The first-order valence-corrected chi connectivity index (χ1v) is 15.0. The highest BCUT2D eigenvalue weighted by Crippen LogP contribution is 2.46. The lowest BCUT2D eigenvalue weighted by Gasteiger charge is -2.35. The fourth-order valence-corrected chi connectivity index (χ4v) is 7.73. The van der Waals surface area contributed by atoms with Crippen molar-refractivity contribution in [3.05, 3.63) is 69.6 Å². The minimum absolute atomic E-state index is 0.133. The zero-order chi connectivity index (χ0) is 29.9. The maximum Gasteiger partial charge on any atom is 0.416 e. The van der Waals surface area contributed by atoms with E-state index < -0.39 is 52.1 Å². The lowest BCUT2D eigenvalue weighted by atomic mass is 10.1. The molecule has 1 saturated heterocycles. The number of hydrogen-bond acceptors (Lipinski definition) is 7. The van der Waals surface area contributed by atoms with Crippen LogP contribution in [0.15, 0.2) is 48.5 Å². The van der Waals surface area contributed by atoms with Gasteiger partial charge in [-0.05, 0) is 61.3 Å². The van der Waals surface area contributed by atoms with Crippen molar-refractivity contribution < 1.29 is 46.1 Å². The molecule has 0 aliphatic carbocycles. The van der Waals surface area contributed by atoms with Crippen molar-refractivity contribution >= 4 is 50.6 Å². The molecule has 0 saturated carbocycles. The highest BCUT2D eigenvalue weighted by Gasteiger charge is 2.34. The van der Waals surface area contributed by atoms with E-state index in [1.165, 1.54) is 10.4 Å². The van der Waals surface area contributed by atoms with Gasteiger partial charge in [0.25, 0.3) is 0 Å². The maximum absolute atomic E-state index is 13.8. The summed E-state index contributed by atoms with van der Waals surface area (Å²) < 4.78 is 73.0. The van der Waals surface area contributed by atoms with E-state index >= 15 is 0 Å². The number of anilines is 1. The number of halogens is 4. The van der Waals surface area contributed by atoms with Crippen LogP contribution < -0.4 is 14.4 Å². The topological polar surface area (TPSA) is 133 Å². The number of rotatable bonds is 10. The number of ether oxygens (including phenoxy) is 1. The Kier molecular flexibility index (Phi) is 9.16. The summed E-state index contributed by atoms with van der Waals surface area (Å²) in [5.41, 5.74) is -0.0768. The van der Waals surface area contributed by atoms with Crippen LogP contribution in [0.5, 0.6) is 5.75 Å². The third kappa shape index (κ3) is 7.12. The Labute approximate surface area is 242 Å². The van der Waals surface area contributed by atoms with E-state index in [1.54, 1.807) is 18.2 Å². The Bertz CT molecular complexity index is 1540. The number of hydrogen-bond donors (Lipinski definition) is 3. The van der Waals surface area contributed by atoms with Gasteiger partial charge in [0, 0.05) is 6.04 Å². The van der Waals surface area contributed by atoms with Gasteiger partial charge in [-0.2, -0.15) is 13.2 Å². The number of piperidine rings is 1. The number of carboxylic acid groups (broad SMARTS) is 2. The van der Waals surface area contributed by atoms with Gasteiger partial charge in [0.05, 0.1) is 21.9 Å². The number of carbonyl (C=O) groups is 2. The smallest absolute Gasteiger partial charge is 0.416 e. The molecule has 2 heterocycles. The predicted molar refractivity (Wildman–Crippen MR) is 147 cm³/mol. The number of nitrogens with zero attached hydrogens (tertiary/aromatic N) is 1. The fourth-order valence-electron chi connectivity index (χ4n) is 4.48. The molecule has 1 fully saturated rings. The van der Waals surface area contributed by atoms with Crippen LogP contribution in [-0.4, -0.2) is 56.3 Å². The fraction of sp³-hybridized carbons (Fsp3) is 0.308. The Balaban J connectivity index is 1.73. The van der Waals surface area contributed by atoms with Crippen molar-refractivity contribution in [1.29, 1.82) is 0 Å². The second-order valence-corrected chi connectivity index (χ2v) is 12.4. The minimum Gasteiger partial charge on any atom is -0.479 e. The van der Waals surface area contributed by atoms with E-state index in [9.17, 15) is 36.3 Å². The van der Waals surface area contributed by atoms with Crippen LogP contribution in [0.25, 0.3) is 10.4 Å². The number of nitrogens with one attached hydrogen (secondary N) is 1. The highest BCUT2D eigenvalue weighted by atomic mass is 35.5. The summed E-state index contributed by atoms with van der Waals surface area (Å²) in [4.78, 5) is 22.7. The summed E-state index contributed by atoms with van der Waals surface area (Å²) in [6, 6.07) is 9.75. The van der Waals surface area contributed by atoms with E-state index in [1.807, 2.05) is 0 Å². The van der Waals surface area contributed by atoms with Crippen LogP contribution in [0.3, 0.4) is 0 Å². The number of alkyl halides is 3. The van der Waals surface area contributed by atoms with Gasteiger partial charge in [0.15, 0.2) is 17.2 Å².